The van der Waals surface area contributed by atoms with E-state index in [0.29, 0.717) is 24.9 Å². The second-order valence-electron chi connectivity index (χ2n) is 5.12. The van der Waals surface area contributed by atoms with E-state index in [0.717, 1.165) is 12.3 Å². The van der Waals surface area contributed by atoms with Crippen molar-refractivity contribution in [3.05, 3.63) is 17.8 Å². The maximum absolute atomic E-state index is 5.67. The Morgan fingerprint density at radius 3 is 2.74 bits per heavy atom. The molecule has 0 spiro atoms. The molecule has 5 heteroatoms. The second-order valence-corrected chi connectivity index (χ2v) is 5.12. The van der Waals surface area contributed by atoms with E-state index >= 15 is 0 Å². The molecule has 0 aliphatic heterocycles. The highest BCUT2D eigenvalue weighted by Crippen LogP contribution is 2.22. The Labute approximate surface area is 114 Å². The summed E-state index contributed by atoms with van der Waals surface area (Å²) in [6.45, 7) is 9.84. The zero-order chi connectivity index (χ0) is 14.3. The van der Waals surface area contributed by atoms with Crippen molar-refractivity contribution in [2.45, 2.75) is 39.7 Å². The molecule has 0 fully saturated rings. The highest BCUT2D eigenvalue weighted by atomic mass is 16.4. The van der Waals surface area contributed by atoms with E-state index in [1.54, 1.807) is 6.20 Å². The van der Waals surface area contributed by atoms with Crippen LogP contribution in [0.5, 0.6) is 0 Å². The predicted octanol–water partition coefficient (Wildman–Crippen LogP) is 1.66. The topological polar surface area (TPSA) is 62.5 Å². The Morgan fingerprint density at radius 2 is 2.21 bits per heavy atom. The summed E-state index contributed by atoms with van der Waals surface area (Å²) in [6.07, 6.45) is 6.96. The zero-order valence-corrected chi connectivity index (χ0v) is 12.1. The first-order valence-corrected chi connectivity index (χ1v) is 6.38. The molecule has 0 amide bonds. The number of hydrogen-bond donors (Lipinski definition) is 2. The smallest absolute Gasteiger partial charge is 0.216 e. The molecule has 104 valence electrons. The second kappa shape index (κ2) is 6.83. The predicted molar refractivity (Wildman–Crippen MR) is 76.9 cm³/mol. The third-order valence-corrected chi connectivity index (χ3v) is 2.37. The summed E-state index contributed by atoms with van der Waals surface area (Å²) in [5.41, 5.74) is -0.0405. The minimum absolute atomic E-state index is 0.0405. The summed E-state index contributed by atoms with van der Waals surface area (Å²) in [5.74, 6) is 4.63. The van der Waals surface area contributed by atoms with Gasteiger partial charge in [-0.05, 0) is 6.92 Å². The van der Waals surface area contributed by atoms with Crippen LogP contribution in [-0.2, 0) is 12.0 Å². The van der Waals surface area contributed by atoms with Crippen LogP contribution >= 0.6 is 0 Å². The number of oxazole rings is 1. The molecule has 0 aliphatic rings. The summed E-state index contributed by atoms with van der Waals surface area (Å²) in [4.78, 5) is 8.58. The van der Waals surface area contributed by atoms with Crippen LogP contribution in [0.3, 0.4) is 0 Å². The van der Waals surface area contributed by atoms with Crippen molar-refractivity contribution in [3.8, 4) is 12.3 Å². The number of hydrogen-bond acceptors (Lipinski definition) is 3. The number of aliphatic imine (C=N–C) groups is 1. The minimum Gasteiger partial charge on any atom is -0.443 e. The molecule has 0 saturated heterocycles. The van der Waals surface area contributed by atoms with E-state index in [1.807, 2.05) is 6.92 Å². The SMILES string of the molecule is C#CCNC(=NCc1ncc(C(C)(C)C)o1)NCC. The highest BCUT2D eigenvalue weighted by molar-refractivity contribution is 5.79. The number of guanidine groups is 1. The minimum atomic E-state index is -0.0405. The first kappa shape index (κ1) is 15.1. The Balaban J connectivity index is 2.67. The number of terminal acetylenes is 1. The summed E-state index contributed by atoms with van der Waals surface area (Å²) in [5, 5.41) is 6.11. The van der Waals surface area contributed by atoms with Crippen LogP contribution in [-0.4, -0.2) is 24.0 Å². The molecule has 1 aromatic rings. The van der Waals surface area contributed by atoms with E-state index < -0.39 is 0 Å². The average molecular weight is 262 g/mol. The molecule has 0 aliphatic carbocycles. The van der Waals surface area contributed by atoms with Crippen LogP contribution in [0.15, 0.2) is 15.6 Å². The fourth-order valence-electron chi connectivity index (χ4n) is 1.35. The van der Waals surface area contributed by atoms with Crippen LogP contribution in [0.4, 0.5) is 0 Å². The van der Waals surface area contributed by atoms with Crippen LogP contribution in [0.1, 0.15) is 39.3 Å². The maximum atomic E-state index is 5.67. The molecule has 0 aromatic carbocycles. The van der Waals surface area contributed by atoms with Crippen LogP contribution in [0, 0.1) is 12.3 Å². The van der Waals surface area contributed by atoms with Crippen molar-refractivity contribution in [3.63, 3.8) is 0 Å². The van der Waals surface area contributed by atoms with Gasteiger partial charge in [0, 0.05) is 12.0 Å². The molecular formula is C14H22N4O. The van der Waals surface area contributed by atoms with Crippen LogP contribution in [0.25, 0.3) is 0 Å². The lowest BCUT2D eigenvalue weighted by atomic mass is 9.94. The Kier molecular flexibility index (Phi) is 5.43. The van der Waals surface area contributed by atoms with E-state index in [4.69, 9.17) is 10.8 Å². The van der Waals surface area contributed by atoms with Gasteiger partial charge in [0.05, 0.1) is 12.7 Å². The van der Waals surface area contributed by atoms with Gasteiger partial charge in [-0.15, -0.1) is 6.42 Å². The molecule has 1 rings (SSSR count). The van der Waals surface area contributed by atoms with Crippen molar-refractivity contribution in [2.24, 2.45) is 4.99 Å². The molecule has 0 saturated carbocycles. The van der Waals surface area contributed by atoms with Gasteiger partial charge >= 0.3 is 0 Å². The van der Waals surface area contributed by atoms with Crippen LogP contribution < -0.4 is 10.6 Å². The van der Waals surface area contributed by atoms with Crippen molar-refractivity contribution >= 4 is 5.96 Å². The van der Waals surface area contributed by atoms with Gasteiger partial charge in [0.25, 0.3) is 0 Å². The van der Waals surface area contributed by atoms with E-state index in [1.165, 1.54) is 0 Å². The normalized spacial score (nSPS) is 12.1. The molecular weight excluding hydrogens is 240 g/mol. The van der Waals surface area contributed by atoms with Crippen LogP contribution in [0.2, 0.25) is 0 Å². The lowest BCUT2D eigenvalue weighted by Gasteiger charge is -2.13. The summed E-state index contributed by atoms with van der Waals surface area (Å²) >= 11 is 0. The van der Waals surface area contributed by atoms with Gasteiger partial charge in [0.1, 0.15) is 12.3 Å². The average Bonchev–Trinajstić information content (AvgIpc) is 2.81. The largest absolute Gasteiger partial charge is 0.443 e. The molecule has 0 bridgehead atoms. The van der Waals surface area contributed by atoms with Crippen molar-refractivity contribution in [2.75, 3.05) is 13.1 Å². The van der Waals surface area contributed by atoms with E-state index in [-0.39, 0.29) is 5.41 Å². The zero-order valence-electron chi connectivity index (χ0n) is 12.1. The third kappa shape index (κ3) is 5.04. The fraction of sp³-hybridized carbons (Fsp3) is 0.571. The van der Waals surface area contributed by atoms with Gasteiger partial charge < -0.3 is 15.1 Å². The van der Waals surface area contributed by atoms with E-state index in [2.05, 4.69) is 47.3 Å². The molecule has 1 heterocycles. The van der Waals surface area contributed by atoms with Gasteiger partial charge in [0.15, 0.2) is 5.96 Å². The lowest BCUT2D eigenvalue weighted by molar-refractivity contribution is 0.383. The first-order chi connectivity index (χ1) is 8.97. The molecule has 1 aromatic heterocycles. The number of nitrogens with zero attached hydrogens (tertiary/aromatic N) is 2. The quantitative estimate of drug-likeness (QED) is 0.492. The number of rotatable bonds is 4. The Bertz CT molecular complexity index is 463. The molecule has 19 heavy (non-hydrogen) atoms. The fourth-order valence-corrected chi connectivity index (χ4v) is 1.35. The van der Waals surface area contributed by atoms with Gasteiger partial charge in [0.2, 0.25) is 5.89 Å². The molecule has 0 radical (unpaired) electrons. The summed E-state index contributed by atoms with van der Waals surface area (Å²) in [6, 6.07) is 0. The molecule has 5 nitrogen and oxygen atoms in total. The van der Waals surface area contributed by atoms with Gasteiger partial charge in [-0.3, -0.25) is 0 Å². The molecule has 0 atom stereocenters. The maximum Gasteiger partial charge on any atom is 0.216 e. The molecule has 2 N–H and O–H groups in total. The van der Waals surface area contributed by atoms with Gasteiger partial charge in [-0.2, -0.15) is 0 Å². The van der Waals surface area contributed by atoms with Crippen molar-refractivity contribution < 1.29 is 4.42 Å². The van der Waals surface area contributed by atoms with Crippen molar-refractivity contribution in [1.82, 2.24) is 15.6 Å². The standard InChI is InChI=1S/C14H22N4O/c1-6-8-16-13(15-7-2)18-10-12-17-9-11(19-12)14(3,4)5/h1,9H,7-8,10H2,2-5H3,(H2,15,16,18). The van der Waals surface area contributed by atoms with Gasteiger partial charge in [-0.1, -0.05) is 26.7 Å². The Morgan fingerprint density at radius 1 is 1.47 bits per heavy atom. The van der Waals surface area contributed by atoms with Crippen molar-refractivity contribution in [1.29, 1.82) is 0 Å². The Hall–Kier alpha value is -1.96. The third-order valence-electron chi connectivity index (χ3n) is 2.37. The monoisotopic (exact) mass is 262 g/mol. The summed E-state index contributed by atoms with van der Waals surface area (Å²) in [7, 11) is 0. The number of nitrogens with one attached hydrogen (secondary N) is 2. The van der Waals surface area contributed by atoms with E-state index in [9.17, 15) is 0 Å². The van der Waals surface area contributed by atoms with Gasteiger partial charge in [-0.25, -0.2) is 9.98 Å². The first-order valence-electron chi connectivity index (χ1n) is 6.38. The number of aromatic nitrogens is 1. The summed E-state index contributed by atoms with van der Waals surface area (Å²) < 4.78 is 5.67. The lowest BCUT2D eigenvalue weighted by Crippen LogP contribution is -2.37. The highest BCUT2D eigenvalue weighted by Gasteiger charge is 2.18. The molecule has 0 unspecified atom stereocenters.